The van der Waals surface area contributed by atoms with Gasteiger partial charge in [0.25, 0.3) is 0 Å². The average molecular weight is 413 g/mol. The van der Waals surface area contributed by atoms with Crippen LogP contribution in [0.1, 0.15) is 11.1 Å². The third-order valence-corrected chi connectivity index (χ3v) is 10.1. The fraction of sp³-hybridized carbons (Fsp3) is 0.0370. The molecule has 0 N–H and O–H groups in total. The van der Waals surface area contributed by atoms with Gasteiger partial charge in [0.1, 0.15) is 19.7 Å². The molecule has 0 spiro atoms. The van der Waals surface area contributed by atoms with Crippen LogP contribution >= 0.6 is 0 Å². The summed E-state index contributed by atoms with van der Waals surface area (Å²) in [4.78, 5) is 0. The van der Waals surface area contributed by atoms with Crippen LogP contribution in [0.25, 0.3) is 11.3 Å². The van der Waals surface area contributed by atoms with E-state index in [0.29, 0.717) is 0 Å². The smallest absolute Gasteiger partial charge is 0.146 e. The van der Waals surface area contributed by atoms with Crippen molar-refractivity contribution >= 4 is 29.7 Å². The second-order valence-corrected chi connectivity index (χ2v) is 11.4. The van der Waals surface area contributed by atoms with Crippen molar-refractivity contribution in [2.45, 2.75) is 6.55 Å². The first-order valence-electron chi connectivity index (χ1n) is 9.92. The molecule has 3 heteroatoms. The highest BCUT2D eigenvalue weighted by Crippen LogP contribution is 2.29. The lowest BCUT2D eigenvalue weighted by molar-refractivity contribution is 0.627. The van der Waals surface area contributed by atoms with E-state index < -0.39 is 8.07 Å². The summed E-state index contributed by atoms with van der Waals surface area (Å²) in [5, 5.41) is 3.66. The van der Waals surface area contributed by atoms with Gasteiger partial charge in [0.15, 0.2) is 0 Å². The Hall–Kier alpha value is -3.30. The summed E-state index contributed by atoms with van der Waals surface area (Å²) in [6, 6.07) is 34.1. The molecule has 0 saturated carbocycles. The van der Waals surface area contributed by atoms with E-state index >= 15 is 0 Å². The highest BCUT2D eigenvalue weighted by atomic mass is 28.3. The van der Waals surface area contributed by atoms with Gasteiger partial charge >= 0.3 is 0 Å². The summed E-state index contributed by atoms with van der Waals surface area (Å²) >= 11 is 0. The summed E-state index contributed by atoms with van der Waals surface area (Å²) in [5.74, 6) is -0.524. The fourth-order valence-corrected chi connectivity index (χ4v) is 7.77. The molecular weight excluding hydrogens is 390 g/mol. The van der Waals surface area contributed by atoms with Gasteiger partial charge in [-0.1, -0.05) is 97.6 Å². The van der Waals surface area contributed by atoms with Gasteiger partial charge in [-0.15, -0.1) is 0 Å². The predicted octanol–water partition coefficient (Wildman–Crippen LogP) is 5.94. The molecule has 0 bridgehead atoms. The summed E-state index contributed by atoms with van der Waals surface area (Å²) in [5.41, 5.74) is 1.89. The fourth-order valence-electron chi connectivity index (χ4n) is 3.89. The Labute approximate surface area is 177 Å². The molecule has 0 amide bonds. The van der Waals surface area contributed by atoms with E-state index in [-0.39, 0.29) is 11.6 Å². The number of hydrogen-bond acceptors (Lipinski definition) is 0. The lowest BCUT2D eigenvalue weighted by Crippen LogP contribution is -2.56. The molecule has 0 nitrogen and oxygen atoms in total. The molecule has 0 unspecified atom stereocenters. The van der Waals surface area contributed by atoms with Crippen molar-refractivity contribution in [3.8, 4) is 0 Å². The van der Waals surface area contributed by atoms with Crippen LogP contribution < -0.4 is 10.4 Å². The zero-order valence-corrected chi connectivity index (χ0v) is 17.7. The standard InChI is InChI=1S/C27H22F2Si/c1-30(25-8-4-2-5-9-25,26-10-6-3-7-11-26)27(22-14-18-24(29)19-15-22)20-21-12-16-23(28)17-13-21/h2-20H,1H3/b27-20-. The average Bonchev–Trinajstić information content (AvgIpc) is 2.80. The summed E-state index contributed by atoms with van der Waals surface area (Å²) in [6.07, 6.45) is 2.12. The van der Waals surface area contributed by atoms with Gasteiger partial charge in [-0.05, 0) is 51.0 Å². The number of halogens is 2. The maximum Gasteiger partial charge on any atom is 0.146 e. The van der Waals surface area contributed by atoms with Gasteiger partial charge in [0, 0.05) is 0 Å². The molecule has 0 atom stereocenters. The van der Waals surface area contributed by atoms with Crippen molar-refractivity contribution in [3.63, 3.8) is 0 Å². The van der Waals surface area contributed by atoms with Crippen LogP contribution in [-0.4, -0.2) is 8.07 Å². The molecule has 0 aliphatic carbocycles. The second kappa shape index (κ2) is 8.60. The Morgan fingerprint density at radius 1 is 0.600 bits per heavy atom. The van der Waals surface area contributed by atoms with Crippen molar-refractivity contribution in [1.29, 1.82) is 0 Å². The van der Waals surface area contributed by atoms with Crippen LogP contribution in [0.4, 0.5) is 8.78 Å². The van der Waals surface area contributed by atoms with Gasteiger partial charge in [-0.2, -0.15) is 0 Å². The van der Waals surface area contributed by atoms with Gasteiger partial charge in [-0.3, -0.25) is 0 Å². The normalized spacial score (nSPS) is 12.0. The second-order valence-electron chi connectivity index (χ2n) is 7.47. The van der Waals surface area contributed by atoms with Crippen molar-refractivity contribution < 1.29 is 8.78 Å². The molecule has 0 fully saturated rings. The van der Waals surface area contributed by atoms with E-state index in [1.807, 2.05) is 24.3 Å². The van der Waals surface area contributed by atoms with Crippen molar-refractivity contribution in [2.24, 2.45) is 0 Å². The molecule has 4 aromatic rings. The monoisotopic (exact) mass is 412 g/mol. The van der Waals surface area contributed by atoms with E-state index in [9.17, 15) is 8.78 Å². The summed E-state index contributed by atoms with van der Waals surface area (Å²) in [7, 11) is -2.44. The first-order chi connectivity index (χ1) is 14.6. The Morgan fingerprint density at radius 3 is 1.50 bits per heavy atom. The van der Waals surface area contributed by atoms with E-state index in [2.05, 4.69) is 61.2 Å². The number of benzene rings is 4. The zero-order chi connectivity index (χ0) is 21.0. The topological polar surface area (TPSA) is 0 Å². The third kappa shape index (κ3) is 4.03. The van der Waals surface area contributed by atoms with E-state index in [1.54, 1.807) is 12.1 Å². The highest BCUT2D eigenvalue weighted by molar-refractivity contribution is 7.14. The molecule has 0 aliphatic rings. The van der Waals surface area contributed by atoms with Crippen LogP contribution in [0.5, 0.6) is 0 Å². The molecule has 148 valence electrons. The Kier molecular flexibility index (Phi) is 5.73. The number of rotatable bonds is 5. The highest BCUT2D eigenvalue weighted by Gasteiger charge is 2.36. The van der Waals surface area contributed by atoms with Gasteiger partial charge in [0.2, 0.25) is 0 Å². The number of hydrogen-bond donors (Lipinski definition) is 0. The Balaban J connectivity index is 2.00. The van der Waals surface area contributed by atoms with Gasteiger partial charge in [-0.25, -0.2) is 8.78 Å². The minimum absolute atomic E-state index is 0.261. The minimum atomic E-state index is -2.44. The molecule has 30 heavy (non-hydrogen) atoms. The summed E-state index contributed by atoms with van der Waals surface area (Å²) < 4.78 is 27.2. The van der Waals surface area contributed by atoms with Crippen molar-refractivity contribution in [1.82, 2.24) is 0 Å². The van der Waals surface area contributed by atoms with Gasteiger partial charge in [0.05, 0.1) is 0 Å². The SMILES string of the molecule is C[Si](/C(=C\c1ccc(F)cc1)c1ccc(F)cc1)(c1ccccc1)c1ccccc1. The van der Waals surface area contributed by atoms with E-state index in [4.69, 9.17) is 0 Å². The lowest BCUT2D eigenvalue weighted by atomic mass is 10.1. The van der Waals surface area contributed by atoms with Crippen molar-refractivity contribution in [3.05, 3.63) is 132 Å². The quantitative estimate of drug-likeness (QED) is 0.281. The Morgan fingerprint density at radius 2 is 1.03 bits per heavy atom. The Bertz CT molecular complexity index is 1090. The maximum absolute atomic E-state index is 13.7. The van der Waals surface area contributed by atoms with Crippen LogP contribution in [0, 0.1) is 11.6 Å². The molecule has 0 aliphatic heterocycles. The van der Waals surface area contributed by atoms with Gasteiger partial charge < -0.3 is 0 Å². The lowest BCUT2D eigenvalue weighted by Gasteiger charge is -2.32. The first kappa shape index (κ1) is 20.0. The molecule has 4 aromatic carbocycles. The maximum atomic E-state index is 13.7. The third-order valence-electron chi connectivity index (χ3n) is 5.58. The van der Waals surface area contributed by atoms with Crippen LogP contribution in [0.3, 0.4) is 0 Å². The van der Waals surface area contributed by atoms with Crippen LogP contribution in [-0.2, 0) is 0 Å². The molecular formula is C27H22F2Si. The molecule has 0 heterocycles. The molecule has 0 saturated heterocycles. The zero-order valence-electron chi connectivity index (χ0n) is 16.7. The van der Waals surface area contributed by atoms with Crippen molar-refractivity contribution in [2.75, 3.05) is 0 Å². The summed E-state index contributed by atoms with van der Waals surface area (Å²) in [6.45, 7) is 2.32. The molecule has 4 rings (SSSR count). The molecule has 0 radical (unpaired) electrons. The van der Waals surface area contributed by atoms with Crippen LogP contribution in [0.2, 0.25) is 6.55 Å². The first-order valence-corrected chi connectivity index (χ1v) is 12.4. The predicted molar refractivity (Wildman–Crippen MR) is 124 cm³/mol. The molecule has 0 aromatic heterocycles. The minimum Gasteiger partial charge on any atom is -0.207 e. The largest absolute Gasteiger partial charge is 0.207 e. The van der Waals surface area contributed by atoms with Crippen LogP contribution in [0.15, 0.2) is 109 Å². The van der Waals surface area contributed by atoms with E-state index in [1.165, 1.54) is 34.6 Å². The van der Waals surface area contributed by atoms with E-state index in [0.717, 1.165) is 16.3 Å².